The first-order chi connectivity index (χ1) is 9.39. The number of hydrogen-bond acceptors (Lipinski definition) is 8. The van der Waals surface area contributed by atoms with Crippen LogP contribution in [0.4, 0.5) is 5.69 Å². The number of para-hydroxylation sites is 1. The van der Waals surface area contributed by atoms with Crippen LogP contribution in [0.3, 0.4) is 0 Å². The molecule has 0 bridgehead atoms. The fourth-order valence-electron chi connectivity index (χ4n) is 1.94. The standard InChI is InChI=1S/C12H17NO6S/c13-6-3-1-2-4-8(6)20-12(18)11(17)10(16)9(15)7(5-14)19-12/h1-4,7,9-11,14-18H,5,13H2. The number of hydrogen-bond donors (Lipinski definition) is 6. The van der Waals surface area contributed by atoms with Crippen LogP contribution >= 0.6 is 11.8 Å². The van der Waals surface area contributed by atoms with E-state index in [1.165, 1.54) is 0 Å². The monoisotopic (exact) mass is 303 g/mol. The van der Waals surface area contributed by atoms with Gasteiger partial charge in [-0.1, -0.05) is 23.9 Å². The van der Waals surface area contributed by atoms with Gasteiger partial charge in [-0.2, -0.15) is 0 Å². The number of nitrogen functional groups attached to an aromatic ring is 1. The molecular formula is C12H17NO6S. The second kappa shape index (κ2) is 5.86. The minimum absolute atomic E-state index is 0.364. The van der Waals surface area contributed by atoms with Crippen molar-refractivity contribution in [2.24, 2.45) is 0 Å². The number of anilines is 1. The minimum Gasteiger partial charge on any atom is -0.398 e. The fourth-order valence-corrected chi connectivity index (χ4v) is 3.02. The average molecular weight is 303 g/mol. The quantitative estimate of drug-likeness (QED) is 0.293. The summed E-state index contributed by atoms with van der Waals surface area (Å²) in [7, 11) is 0. The number of ether oxygens (including phenoxy) is 1. The SMILES string of the molecule is Nc1ccccc1SC1(O)OC(CO)C(O)C(O)C1O. The van der Waals surface area contributed by atoms with E-state index in [0.29, 0.717) is 22.3 Å². The first-order valence-corrected chi connectivity index (χ1v) is 6.79. The molecule has 0 radical (unpaired) electrons. The highest BCUT2D eigenvalue weighted by molar-refractivity contribution is 8.00. The van der Waals surface area contributed by atoms with Crippen LogP contribution in [-0.4, -0.2) is 61.7 Å². The molecule has 5 unspecified atom stereocenters. The summed E-state index contributed by atoms with van der Waals surface area (Å²) in [5, 5.41) is 46.5. The van der Waals surface area contributed by atoms with Crippen LogP contribution in [0.5, 0.6) is 0 Å². The molecule has 7 N–H and O–H groups in total. The molecule has 1 heterocycles. The maximum Gasteiger partial charge on any atom is 0.250 e. The number of benzene rings is 1. The van der Waals surface area contributed by atoms with Crippen molar-refractivity contribution in [2.45, 2.75) is 34.4 Å². The molecule has 7 nitrogen and oxygen atoms in total. The minimum atomic E-state index is -2.22. The van der Waals surface area contributed by atoms with Crippen molar-refractivity contribution in [3.05, 3.63) is 24.3 Å². The van der Waals surface area contributed by atoms with Gasteiger partial charge in [0.1, 0.15) is 24.4 Å². The lowest BCUT2D eigenvalue weighted by atomic mass is 9.99. The molecule has 1 aliphatic rings. The molecule has 5 atom stereocenters. The highest BCUT2D eigenvalue weighted by Crippen LogP contribution is 2.42. The zero-order valence-electron chi connectivity index (χ0n) is 10.5. The number of aliphatic hydroxyl groups excluding tert-OH is 4. The van der Waals surface area contributed by atoms with E-state index in [4.69, 9.17) is 15.6 Å². The summed E-state index contributed by atoms with van der Waals surface area (Å²) in [6, 6.07) is 6.61. The maximum atomic E-state index is 10.4. The van der Waals surface area contributed by atoms with Crippen molar-refractivity contribution in [3.63, 3.8) is 0 Å². The highest BCUT2D eigenvalue weighted by Gasteiger charge is 2.53. The third kappa shape index (κ3) is 2.77. The fraction of sp³-hybridized carbons (Fsp3) is 0.500. The van der Waals surface area contributed by atoms with Crippen molar-refractivity contribution in [1.29, 1.82) is 0 Å². The molecular weight excluding hydrogens is 286 g/mol. The Morgan fingerprint density at radius 3 is 2.45 bits per heavy atom. The molecule has 0 aliphatic carbocycles. The van der Waals surface area contributed by atoms with Gasteiger partial charge in [-0.25, -0.2) is 0 Å². The van der Waals surface area contributed by atoms with E-state index in [0.717, 1.165) is 0 Å². The van der Waals surface area contributed by atoms with Gasteiger partial charge in [0.25, 0.3) is 5.12 Å². The molecule has 0 saturated carbocycles. The molecule has 1 saturated heterocycles. The van der Waals surface area contributed by atoms with Crippen molar-refractivity contribution in [2.75, 3.05) is 12.3 Å². The largest absolute Gasteiger partial charge is 0.398 e. The van der Waals surface area contributed by atoms with E-state index in [9.17, 15) is 20.4 Å². The third-order valence-electron chi connectivity index (χ3n) is 3.10. The van der Waals surface area contributed by atoms with E-state index in [-0.39, 0.29) is 0 Å². The summed E-state index contributed by atoms with van der Waals surface area (Å²) in [6.45, 7) is -0.613. The molecule has 0 spiro atoms. The topological polar surface area (TPSA) is 136 Å². The Morgan fingerprint density at radius 1 is 1.20 bits per heavy atom. The predicted octanol–water partition coefficient (Wildman–Crippen LogP) is -1.52. The summed E-state index contributed by atoms with van der Waals surface area (Å²) in [6.07, 6.45) is -6.12. The summed E-state index contributed by atoms with van der Waals surface area (Å²) in [5.74, 6) is 0. The summed E-state index contributed by atoms with van der Waals surface area (Å²) in [5.41, 5.74) is 6.10. The summed E-state index contributed by atoms with van der Waals surface area (Å²) >= 11 is 0.703. The van der Waals surface area contributed by atoms with Gasteiger partial charge >= 0.3 is 0 Å². The Morgan fingerprint density at radius 2 is 1.85 bits per heavy atom. The van der Waals surface area contributed by atoms with Crippen LogP contribution in [0.25, 0.3) is 0 Å². The van der Waals surface area contributed by atoms with Crippen LogP contribution in [-0.2, 0) is 4.74 Å². The van der Waals surface area contributed by atoms with E-state index >= 15 is 0 Å². The van der Waals surface area contributed by atoms with Crippen LogP contribution in [0.15, 0.2) is 29.2 Å². The first-order valence-electron chi connectivity index (χ1n) is 5.98. The van der Waals surface area contributed by atoms with E-state index < -0.39 is 36.1 Å². The molecule has 0 amide bonds. The highest BCUT2D eigenvalue weighted by atomic mass is 32.2. The van der Waals surface area contributed by atoms with Crippen molar-refractivity contribution in [1.82, 2.24) is 0 Å². The molecule has 1 aromatic rings. The number of aliphatic hydroxyl groups is 5. The van der Waals surface area contributed by atoms with Crippen LogP contribution in [0, 0.1) is 0 Å². The lowest BCUT2D eigenvalue weighted by molar-refractivity contribution is -0.305. The van der Waals surface area contributed by atoms with Gasteiger partial charge in [-0.05, 0) is 12.1 Å². The van der Waals surface area contributed by atoms with Gasteiger partial charge in [-0.15, -0.1) is 0 Å². The summed E-state index contributed by atoms with van der Waals surface area (Å²) in [4.78, 5) is 0.439. The van der Waals surface area contributed by atoms with Gasteiger partial charge in [0.05, 0.1) is 6.61 Å². The van der Waals surface area contributed by atoms with Gasteiger partial charge in [0.2, 0.25) is 0 Å². The second-order valence-electron chi connectivity index (χ2n) is 4.54. The molecule has 0 aromatic heterocycles. The lowest BCUT2D eigenvalue weighted by Crippen LogP contribution is -2.63. The zero-order valence-corrected chi connectivity index (χ0v) is 11.3. The third-order valence-corrected chi connectivity index (χ3v) is 4.33. The van der Waals surface area contributed by atoms with Gasteiger partial charge in [0.15, 0.2) is 0 Å². The molecule has 20 heavy (non-hydrogen) atoms. The normalized spacial score (nSPS) is 37.9. The smallest absolute Gasteiger partial charge is 0.250 e. The van der Waals surface area contributed by atoms with Gasteiger partial charge in [-0.3, -0.25) is 0 Å². The first kappa shape index (κ1) is 15.5. The van der Waals surface area contributed by atoms with Crippen molar-refractivity contribution < 1.29 is 30.3 Å². The predicted molar refractivity (Wildman–Crippen MR) is 71.6 cm³/mol. The molecule has 1 fully saturated rings. The van der Waals surface area contributed by atoms with Crippen LogP contribution in [0.2, 0.25) is 0 Å². The average Bonchev–Trinajstić information content (AvgIpc) is 2.43. The molecule has 112 valence electrons. The Balaban J connectivity index is 2.26. The summed E-state index contributed by atoms with van der Waals surface area (Å²) < 4.78 is 5.13. The van der Waals surface area contributed by atoms with Gasteiger partial charge in [0, 0.05) is 10.6 Å². The molecule has 2 rings (SSSR count). The Bertz CT molecular complexity index is 473. The number of thioether (sulfide) groups is 1. The van der Waals surface area contributed by atoms with Crippen molar-refractivity contribution >= 4 is 17.4 Å². The van der Waals surface area contributed by atoms with Crippen LogP contribution < -0.4 is 5.73 Å². The van der Waals surface area contributed by atoms with Crippen molar-refractivity contribution in [3.8, 4) is 0 Å². The van der Waals surface area contributed by atoms with E-state index in [1.54, 1.807) is 24.3 Å². The molecule has 8 heteroatoms. The molecule has 1 aliphatic heterocycles. The van der Waals surface area contributed by atoms with E-state index in [1.807, 2.05) is 0 Å². The van der Waals surface area contributed by atoms with Crippen LogP contribution in [0.1, 0.15) is 0 Å². The van der Waals surface area contributed by atoms with Gasteiger partial charge < -0.3 is 36.0 Å². The number of rotatable bonds is 3. The molecule has 1 aromatic carbocycles. The maximum absolute atomic E-state index is 10.4. The Hall–Kier alpha value is -0.870. The van der Waals surface area contributed by atoms with E-state index in [2.05, 4.69) is 0 Å². The zero-order chi connectivity index (χ0) is 14.9. The lowest BCUT2D eigenvalue weighted by Gasteiger charge is -2.44. The number of nitrogens with two attached hydrogens (primary N) is 1. The Kier molecular flexibility index (Phi) is 4.55. The Labute approximate surface area is 119 Å². The second-order valence-corrected chi connectivity index (χ2v) is 5.76.